The van der Waals surface area contributed by atoms with Crippen LogP contribution in [-0.4, -0.2) is 35.4 Å². The fraction of sp³-hybridized carbons (Fsp3) is 0.500. The Labute approximate surface area is 108 Å². The third-order valence-corrected chi connectivity index (χ3v) is 3.66. The van der Waals surface area contributed by atoms with Gasteiger partial charge in [0.25, 0.3) is 0 Å². The zero-order valence-electron chi connectivity index (χ0n) is 10.7. The Morgan fingerprint density at radius 1 is 1.18 bits per heavy atom. The quantitative estimate of drug-likeness (QED) is 0.695. The lowest BCUT2D eigenvalue weighted by atomic mass is 10.2. The molecule has 17 heavy (non-hydrogen) atoms. The normalized spacial score (nSPS) is 10.2. The predicted octanol–water partition coefficient (Wildman–Crippen LogP) is 2.83. The zero-order chi connectivity index (χ0) is 12.5. The highest BCUT2D eigenvalue weighted by Gasteiger charge is 2.08. The molecule has 0 aromatic heterocycles. The molecule has 1 rings (SSSR count). The molecule has 2 nitrogen and oxygen atoms in total. The van der Waals surface area contributed by atoms with Gasteiger partial charge in [-0.05, 0) is 31.6 Å². The minimum atomic E-state index is 0.257. The van der Waals surface area contributed by atoms with Crippen LogP contribution in [-0.2, 0) is 11.2 Å². The summed E-state index contributed by atoms with van der Waals surface area (Å²) in [6, 6.07) is 10.4. The molecule has 0 aliphatic rings. The second kappa shape index (κ2) is 8.18. The Morgan fingerprint density at radius 3 is 2.41 bits per heavy atom. The van der Waals surface area contributed by atoms with Crippen molar-refractivity contribution in [2.45, 2.75) is 20.3 Å². The van der Waals surface area contributed by atoms with Crippen LogP contribution in [0.2, 0.25) is 0 Å². The van der Waals surface area contributed by atoms with E-state index in [-0.39, 0.29) is 5.91 Å². The summed E-state index contributed by atoms with van der Waals surface area (Å²) in [7, 11) is 0. The van der Waals surface area contributed by atoms with Gasteiger partial charge < -0.3 is 4.90 Å². The second-order valence-electron chi connectivity index (χ2n) is 3.85. The first-order chi connectivity index (χ1) is 8.27. The predicted molar refractivity (Wildman–Crippen MR) is 75.4 cm³/mol. The van der Waals surface area contributed by atoms with E-state index in [1.54, 1.807) is 11.8 Å². The van der Waals surface area contributed by atoms with E-state index in [0.29, 0.717) is 5.75 Å². The van der Waals surface area contributed by atoms with Gasteiger partial charge >= 0.3 is 0 Å². The highest BCUT2D eigenvalue weighted by molar-refractivity contribution is 7.99. The first-order valence-electron chi connectivity index (χ1n) is 6.17. The standard InChI is InChI=1S/C14H21NOS/c1-3-15(4-2)14(16)12-17-11-10-13-8-6-5-7-9-13/h5-9H,3-4,10-12H2,1-2H3. The van der Waals surface area contributed by atoms with Crippen LogP contribution in [0.5, 0.6) is 0 Å². The lowest BCUT2D eigenvalue weighted by Gasteiger charge is -2.18. The largest absolute Gasteiger partial charge is 0.343 e. The van der Waals surface area contributed by atoms with Gasteiger partial charge in [0.15, 0.2) is 0 Å². The number of hydrogen-bond acceptors (Lipinski definition) is 2. The highest BCUT2D eigenvalue weighted by atomic mass is 32.2. The number of benzene rings is 1. The Bertz CT molecular complexity index is 322. The summed E-state index contributed by atoms with van der Waals surface area (Å²) in [5.74, 6) is 1.87. The SMILES string of the molecule is CCN(CC)C(=O)CSCCc1ccccc1. The summed E-state index contributed by atoms with van der Waals surface area (Å²) >= 11 is 1.72. The monoisotopic (exact) mass is 251 g/mol. The van der Waals surface area contributed by atoms with Gasteiger partial charge in [-0.15, -0.1) is 0 Å². The summed E-state index contributed by atoms with van der Waals surface area (Å²) in [6.45, 7) is 5.68. The molecule has 0 bridgehead atoms. The molecule has 0 spiro atoms. The van der Waals surface area contributed by atoms with Crippen molar-refractivity contribution in [1.82, 2.24) is 4.90 Å². The van der Waals surface area contributed by atoms with Crippen LogP contribution in [0, 0.1) is 0 Å². The van der Waals surface area contributed by atoms with Crippen LogP contribution >= 0.6 is 11.8 Å². The van der Waals surface area contributed by atoms with Crippen molar-refractivity contribution in [3.05, 3.63) is 35.9 Å². The number of amides is 1. The highest BCUT2D eigenvalue weighted by Crippen LogP contribution is 2.08. The molecule has 0 radical (unpaired) electrons. The van der Waals surface area contributed by atoms with E-state index in [1.165, 1.54) is 5.56 Å². The number of aryl methyl sites for hydroxylation is 1. The van der Waals surface area contributed by atoms with Crippen LogP contribution in [0.3, 0.4) is 0 Å². The molecule has 0 saturated carbocycles. The van der Waals surface area contributed by atoms with Crippen molar-refractivity contribution >= 4 is 17.7 Å². The second-order valence-corrected chi connectivity index (χ2v) is 4.96. The number of carbonyl (C=O) groups excluding carboxylic acids is 1. The van der Waals surface area contributed by atoms with Gasteiger partial charge in [-0.2, -0.15) is 11.8 Å². The van der Waals surface area contributed by atoms with Crippen molar-refractivity contribution in [1.29, 1.82) is 0 Å². The summed E-state index contributed by atoms with van der Waals surface area (Å²) in [6.07, 6.45) is 1.04. The fourth-order valence-electron chi connectivity index (χ4n) is 1.66. The maximum atomic E-state index is 11.7. The molecule has 0 aliphatic heterocycles. The minimum absolute atomic E-state index is 0.257. The maximum absolute atomic E-state index is 11.7. The summed E-state index contributed by atoms with van der Waals surface area (Å²) in [4.78, 5) is 13.6. The summed E-state index contributed by atoms with van der Waals surface area (Å²) < 4.78 is 0. The van der Waals surface area contributed by atoms with E-state index < -0.39 is 0 Å². The Kier molecular flexibility index (Phi) is 6.78. The van der Waals surface area contributed by atoms with Gasteiger partial charge in [-0.1, -0.05) is 30.3 Å². The van der Waals surface area contributed by atoms with Gasteiger partial charge in [-0.25, -0.2) is 0 Å². The van der Waals surface area contributed by atoms with E-state index >= 15 is 0 Å². The molecule has 1 aromatic carbocycles. The smallest absolute Gasteiger partial charge is 0.232 e. The van der Waals surface area contributed by atoms with Crippen molar-refractivity contribution in [2.24, 2.45) is 0 Å². The number of rotatable bonds is 7. The van der Waals surface area contributed by atoms with Crippen LogP contribution in [0.4, 0.5) is 0 Å². The Balaban J connectivity index is 2.18. The topological polar surface area (TPSA) is 20.3 Å². The average molecular weight is 251 g/mol. The summed E-state index contributed by atoms with van der Waals surface area (Å²) in [5.41, 5.74) is 1.34. The van der Waals surface area contributed by atoms with Gasteiger partial charge in [0.05, 0.1) is 5.75 Å². The molecule has 0 fully saturated rings. The van der Waals surface area contributed by atoms with E-state index in [2.05, 4.69) is 24.3 Å². The zero-order valence-corrected chi connectivity index (χ0v) is 11.5. The minimum Gasteiger partial charge on any atom is -0.343 e. The first-order valence-corrected chi connectivity index (χ1v) is 7.32. The van der Waals surface area contributed by atoms with Gasteiger partial charge in [0.1, 0.15) is 0 Å². The molecular formula is C14H21NOS. The van der Waals surface area contributed by atoms with Gasteiger partial charge in [0, 0.05) is 13.1 Å². The number of thioether (sulfide) groups is 1. The van der Waals surface area contributed by atoms with Crippen molar-refractivity contribution in [3.8, 4) is 0 Å². The summed E-state index contributed by atoms with van der Waals surface area (Å²) in [5, 5.41) is 0. The molecule has 0 atom stereocenters. The molecule has 1 aromatic rings. The van der Waals surface area contributed by atoms with E-state index in [0.717, 1.165) is 25.3 Å². The molecule has 0 saturated heterocycles. The van der Waals surface area contributed by atoms with Crippen molar-refractivity contribution < 1.29 is 4.79 Å². The molecular weight excluding hydrogens is 230 g/mol. The lowest BCUT2D eigenvalue weighted by molar-refractivity contribution is -0.127. The van der Waals surface area contributed by atoms with E-state index in [1.807, 2.05) is 24.8 Å². The molecule has 0 heterocycles. The van der Waals surface area contributed by atoms with Crippen LogP contribution in [0.15, 0.2) is 30.3 Å². The molecule has 0 aliphatic carbocycles. The van der Waals surface area contributed by atoms with Crippen molar-refractivity contribution in [3.63, 3.8) is 0 Å². The molecule has 94 valence electrons. The average Bonchev–Trinajstić information content (AvgIpc) is 2.37. The van der Waals surface area contributed by atoms with Gasteiger partial charge in [-0.3, -0.25) is 4.79 Å². The van der Waals surface area contributed by atoms with E-state index in [9.17, 15) is 4.79 Å². The Hall–Kier alpha value is -0.960. The maximum Gasteiger partial charge on any atom is 0.232 e. The van der Waals surface area contributed by atoms with Crippen LogP contribution in [0.1, 0.15) is 19.4 Å². The van der Waals surface area contributed by atoms with Crippen molar-refractivity contribution in [2.75, 3.05) is 24.6 Å². The van der Waals surface area contributed by atoms with E-state index in [4.69, 9.17) is 0 Å². The first kappa shape index (κ1) is 14.1. The van der Waals surface area contributed by atoms with Gasteiger partial charge in [0.2, 0.25) is 5.91 Å². The third-order valence-electron chi connectivity index (χ3n) is 2.72. The molecule has 1 amide bonds. The molecule has 3 heteroatoms. The Morgan fingerprint density at radius 2 is 1.82 bits per heavy atom. The number of carbonyl (C=O) groups is 1. The molecule has 0 N–H and O–H groups in total. The lowest BCUT2D eigenvalue weighted by Crippen LogP contribution is -2.32. The number of hydrogen-bond donors (Lipinski definition) is 0. The van der Waals surface area contributed by atoms with Crippen LogP contribution in [0.25, 0.3) is 0 Å². The molecule has 0 unspecified atom stereocenters. The fourth-order valence-corrected chi connectivity index (χ4v) is 2.54. The third kappa shape index (κ3) is 5.26. The van der Waals surface area contributed by atoms with Crippen LogP contribution < -0.4 is 0 Å². The number of nitrogens with zero attached hydrogens (tertiary/aromatic N) is 1.